The molecule has 8 heteroatoms. The fourth-order valence-corrected chi connectivity index (χ4v) is 2.75. The standard InChI is InChI=1S/C16H20ClFN2O4/c1-19-14(21)8-16(23-2)9-20(5-6-24-10-16)15(22)11-3-4-13(18)12(17)7-11/h3-4,7H,5-6,8-10H2,1-2H3,(H,19,21)/t16-/m0/s1. The van der Waals surface area contributed by atoms with Gasteiger partial charge in [0, 0.05) is 26.3 Å². The van der Waals surface area contributed by atoms with E-state index >= 15 is 0 Å². The van der Waals surface area contributed by atoms with Crippen LogP contribution in [0.25, 0.3) is 0 Å². The van der Waals surface area contributed by atoms with E-state index < -0.39 is 11.4 Å². The van der Waals surface area contributed by atoms with Gasteiger partial charge in [-0.15, -0.1) is 0 Å². The molecule has 0 radical (unpaired) electrons. The zero-order chi connectivity index (χ0) is 17.7. The van der Waals surface area contributed by atoms with Crippen molar-refractivity contribution in [3.05, 3.63) is 34.6 Å². The van der Waals surface area contributed by atoms with Gasteiger partial charge >= 0.3 is 0 Å². The number of hydrogen-bond donors (Lipinski definition) is 1. The first-order chi connectivity index (χ1) is 11.4. The predicted octanol–water partition coefficient (Wildman–Crippen LogP) is 1.47. The largest absolute Gasteiger partial charge is 0.377 e. The average molecular weight is 359 g/mol. The van der Waals surface area contributed by atoms with Gasteiger partial charge in [0.2, 0.25) is 5.91 Å². The molecule has 1 aliphatic heterocycles. The Morgan fingerprint density at radius 3 is 2.88 bits per heavy atom. The topological polar surface area (TPSA) is 67.9 Å². The number of carbonyl (C=O) groups excluding carboxylic acids is 2. The van der Waals surface area contributed by atoms with Crippen LogP contribution in [0, 0.1) is 5.82 Å². The number of methoxy groups -OCH3 is 1. The molecular weight excluding hydrogens is 339 g/mol. The molecule has 2 amide bonds. The summed E-state index contributed by atoms with van der Waals surface area (Å²) in [5.41, 5.74) is -0.663. The van der Waals surface area contributed by atoms with Gasteiger partial charge in [0.15, 0.2) is 0 Å². The third kappa shape index (κ3) is 4.23. The number of amides is 2. The second kappa shape index (κ2) is 7.92. The smallest absolute Gasteiger partial charge is 0.254 e. The van der Waals surface area contributed by atoms with Crippen molar-refractivity contribution in [3.8, 4) is 0 Å². The lowest BCUT2D eigenvalue weighted by Crippen LogP contribution is -2.50. The van der Waals surface area contributed by atoms with Gasteiger partial charge in [0.1, 0.15) is 11.4 Å². The summed E-state index contributed by atoms with van der Waals surface area (Å²) in [6.45, 7) is 1.04. The Labute approximate surface area is 144 Å². The third-order valence-electron chi connectivity index (χ3n) is 4.00. The number of ether oxygens (including phenoxy) is 2. The molecule has 1 aromatic carbocycles. The summed E-state index contributed by atoms with van der Waals surface area (Å²) in [4.78, 5) is 26.0. The van der Waals surface area contributed by atoms with Crippen molar-refractivity contribution in [2.45, 2.75) is 12.0 Å². The summed E-state index contributed by atoms with van der Waals surface area (Å²) >= 11 is 5.75. The highest BCUT2D eigenvalue weighted by Crippen LogP contribution is 2.23. The maximum absolute atomic E-state index is 13.3. The molecule has 0 aromatic heterocycles. The Hall–Kier alpha value is -1.70. The summed E-state index contributed by atoms with van der Waals surface area (Å²) in [5.74, 6) is -1.11. The molecule has 0 bridgehead atoms. The highest BCUT2D eigenvalue weighted by atomic mass is 35.5. The average Bonchev–Trinajstić information content (AvgIpc) is 2.79. The molecule has 0 saturated carbocycles. The van der Waals surface area contributed by atoms with E-state index in [1.165, 1.54) is 31.2 Å². The Morgan fingerprint density at radius 1 is 1.50 bits per heavy atom. The first kappa shape index (κ1) is 18.6. The number of nitrogens with zero attached hydrogens (tertiary/aromatic N) is 1. The molecule has 1 atom stereocenters. The Balaban J connectivity index is 2.23. The Morgan fingerprint density at radius 2 is 2.25 bits per heavy atom. The Bertz CT molecular complexity index is 628. The molecule has 0 aliphatic carbocycles. The van der Waals surface area contributed by atoms with Crippen LogP contribution in [0.4, 0.5) is 4.39 Å². The van der Waals surface area contributed by atoms with Gasteiger partial charge in [-0.1, -0.05) is 11.6 Å². The zero-order valence-electron chi connectivity index (χ0n) is 13.6. The minimum Gasteiger partial charge on any atom is -0.377 e. The zero-order valence-corrected chi connectivity index (χ0v) is 14.4. The fraction of sp³-hybridized carbons (Fsp3) is 0.500. The van der Waals surface area contributed by atoms with Crippen molar-refractivity contribution < 1.29 is 23.5 Å². The monoisotopic (exact) mass is 358 g/mol. The predicted molar refractivity (Wildman–Crippen MR) is 86.6 cm³/mol. The van der Waals surface area contributed by atoms with Crippen LogP contribution in [0.3, 0.4) is 0 Å². The molecule has 1 heterocycles. The number of carbonyl (C=O) groups is 2. The van der Waals surface area contributed by atoms with E-state index in [0.29, 0.717) is 13.2 Å². The molecule has 132 valence electrons. The van der Waals surface area contributed by atoms with Crippen LogP contribution in [0.2, 0.25) is 5.02 Å². The van der Waals surface area contributed by atoms with Gasteiger partial charge in [0.05, 0.1) is 31.2 Å². The SMILES string of the molecule is CNC(=O)C[C@@]1(OC)COCCN(C(=O)c2ccc(F)c(Cl)c2)C1. The molecule has 1 fully saturated rings. The third-order valence-corrected chi connectivity index (χ3v) is 4.29. The molecule has 1 aliphatic rings. The quantitative estimate of drug-likeness (QED) is 0.885. The van der Waals surface area contributed by atoms with Crippen molar-refractivity contribution in [1.29, 1.82) is 0 Å². The van der Waals surface area contributed by atoms with Crippen LogP contribution >= 0.6 is 11.6 Å². The highest BCUT2D eigenvalue weighted by Gasteiger charge is 2.38. The van der Waals surface area contributed by atoms with Gasteiger partial charge in [-0.3, -0.25) is 9.59 Å². The molecule has 1 aromatic rings. The number of rotatable bonds is 4. The van der Waals surface area contributed by atoms with Gasteiger partial charge in [-0.05, 0) is 18.2 Å². The van der Waals surface area contributed by atoms with E-state index in [-0.39, 0.29) is 42.0 Å². The molecule has 1 saturated heterocycles. The van der Waals surface area contributed by atoms with Crippen LogP contribution in [0.1, 0.15) is 16.8 Å². The lowest BCUT2D eigenvalue weighted by Gasteiger charge is -2.33. The number of nitrogens with one attached hydrogen (secondary N) is 1. The fourth-order valence-electron chi connectivity index (χ4n) is 2.57. The van der Waals surface area contributed by atoms with E-state index in [4.69, 9.17) is 21.1 Å². The minimum absolute atomic E-state index is 0.0634. The van der Waals surface area contributed by atoms with E-state index in [1.807, 2.05) is 0 Å². The van der Waals surface area contributed by atoms with Crippen LogP contribution < -0.4 is 5.32 Å². The van der Waals surface area contributed by atoms with E-state index in [0.717, 1.165) is 6.07 Å². The van der Waals surface area contributed by atoms with Gasteiger partial charge in [-0.2, -0.15) is 0 Å². The second-order valence-corrected chi connectivity index (χ2v) is 6.05. The summed E-state index contributed by atoms with van der Waals surface area (Å²) in [7, 11) is 3.02. The van der Waals surface area contributed by atoms with E-state index in [2.05, 4.69) is 5.32 Å². The number of halogens is 2. The van der Waals surface area contributed by atoms with E-state index in [1.54, 1.807) is 0 Å². The molecule has 2 rings (SSSR count). The minimum atomic E-state index is -0.934. The van der Waals surface area contributed by atoms with E-state index in [9.17, 15) is 14.0 Å². The highest BCUT2D eigenvalue weighted by molar-refractivity contribution is 6.31. The van der Waals surface area contributed by atoms with Crippen LogP contribution in [0.5, 0.6) is 0 Å². The van der Waals surface area contributed by atoms with Crippen molar-refractivity contribution in [3.63, 3.8) is 0 Å². The van der Waals surface area contributed by atoms with Gasteiger partial charge < -0.3 is 19.7 Å². The van der Waals surface area contributed by atoms with Gasteiger partial charge in [-0.25, -0.2) is 4.39 Å². The lowest BCUT2D eigenvalue weighted by molar-refractivity contribution is -0.131. The van der Waals surface area contributed by atoms with Crippen LogP contribution in [-0.2, 0) is 14.3 Å². The van der Waals surface area contributed by atoms with Crippen molar-refractivity contribution >= 4 is 23.4 Å². The summed E-state index contributed by atoms with van der Waals surface area (Å²) < 4.78 is 24.3. The number of benzene rings is 1. The molecular formula is C16H20ClFN2O4. The molecule has 6 nitrogen and oxygen atoms in total. The molecule has 24 heavy (non-hydrogen) atoms. The summed E-state index contributed by atoms with van der Waals surface area (Å²) in [6.07, 6.45) is 0.0634. The number of hydrogen-bond acceptors (Lipinski definition) is 4. The molecule has 0 unspecified atom stereocenters. The normalized spacial score (nSPS) is 21.2. The van der Waals surface area contributed by atoms with Crippen molar-refractivity contribution in [2.24, 2.45) is 0 Å². The van der Waals surface area contributed by atoms with Gasteiger partial charge in [0.25, 0.3) is 5.91 Å². The van der Waals surface area contributed by atoms with Crippen molar-refractivity contribution in [1.82, 2.24) is 10.2 Å². The molecule has 0 spiro atoms. The first-order valence-electron chi connectivity index (χ1n) is 7.48. The maximum atomic E-state index is 13.3. The van der Waals surface area contributed by atoms with Crippen molar-refractivity contribution in [2.75, 3.05) is 40.5 Å². The summed E-state index contributed by atoms with van der Waals surface area (Å²) in [6, 6.07) is 3.82. The lowest BCUT2D eigenvalue weighted by atomic mass is 9.98. The molecule has 1 N–H and O–H groups in total. The Kier molecular flexibility index (Phi) is 6.15. The van der Waals surface area contributed by atoms with Crippen LogP contribution in [-0.4, -0.2) is 62.8 Å². The first-order valence-corrected chi connectivity index (χ1v) is 7.86. The van der Waals surface area contributed by atoms with Crippen LogP contribution in [0.15, 0.2) is 18.2 Å². The second-order valence-electron chi connectivity index (χ2n) is 5.65. The maximum Gasteiger partial charge on any atom is 0.254 e. The summed E-state index contributed by atoms with van der Waals surface area (Å²) in [5, 5.41) is 2.43.